The van der Waals surface area contributed by atoms with Gasteiger partial charge in [0.25, 0.3) is 0 Å². The Hall–Kier alpha value is -3.42. The second kappa shape index (κ2) is 8.75. The van der Waals surface area contributed by atoms with E-state index in [4.69, 9.17) is 15.2 Å². The highest BCUT2D eigenvalue weighted by Gasteiger charge is 2.12. The van der Waals surface area contributed by atoms with Crippen LogP contribution in [0.25, 0.3) is 33.3 Å². The largest absolute Gasteiger partial charge is 0.492 e. The van der Waals surface area contributed by atoms with Crippen molar-refractivity contribution in [1.82, 2.24) is 19.9 Å². The van der Waals surface area contributed by atoms with Crippen molar-refractivity contribution in [1.29, 1.82) is 0 Å². The third kappa shape index (κ3) is 4.38. The first-order chi connectivity index (χ1) is 15.3. The number of nitrogen functional groups attached to an aromatic ring is 1. The monoisotopic (exact) mass is 415 g/mol. The number of nitrogens with two attached hydrogens (primary N) is 1. The van der Waals surface area contributed by atoms with E-state index in [9.17, 15) is 0 Å². The van der Waals surface area contributed by atoms with E-state index < -0.39 is 0 Å². The van der Waals surface area contributed by atoms with Gasteiger partial charge in [-0.05, 0) is 41.5 Å². The van der Waals surface area contributed by atoms with Crippen LogP contribution in [-0.2, 0) is 4.74 Å². The molecule has 0 bridgehead atoms. The molecule has 0 radical (unpaired) electrons. The Bertz CT molecular complexity index is 1170. The number of ether oxygens (including phenoxy) is 2. The first-order valence-electron chi connectivity index (χ1n) is 10.5. The van der Waals surface area contributed by atoms with Crippen LogP contribution in [0.1, 0.15) is 0 Å². The Morgan fingerprint density at radius 1 is 1.03 bits per heavy atom. The van der Waals surface area contributed by atoms with Crippen LogP contribution in [0.3, 0.4) is 0 Å². The third-order valence-electron chi connectivity index (χ3n) is 5.56. The van der Waals surface area contributed by atoms with Crippen LogP contribution in [0.2, 0.25) is 0 Å². The number of pyridine rings is 2. The van der Waals surface area contributed by atoms with E-state index in [0.717, 1.165) is 71.9 Å². The maximum Gasteiger partial charge on any atom is 0.137 e. The summed E-state index contributed by atoms with van der Waals surface area (Å²) < 4.78 is 11.4. The zero-order chi connectivity index (χ0) is 21.0. The Kier molecular flexibility index (Phi) is 5.52. The van der Waals surface area contributed by atoms with Crippen LogP contribution in [-0.4, -0.2) is 59.3 Å². The molecule has 3 aromatic heterocycles. The second-order valence-corrected chi connectivity index (χ2v) is 7.65. The van der Waals surface area contributed by atoms with Crippen molar-refractivity contribution in [2.45, 2.75) is 0 Å². The van der Waals surface area contributed by atoms with Crippen LogP contribution < -0.4 is 10.5 Å². The number of hydrogen-bond donors (Lipinski definition) is 2. The molecule has 0 saturated carbocycles. The van der Waals surface area contributed by atoms with Crippen molar-refractivity contribution in [3.63, 3.8) is 0 Å². The molecular formula is C24H25N5O2. The molecule has 1 saturated heterocycles. The van der Waals surface area contributed by atoms with Gasteiger partial charge in [0.2, 0.25) is 0 Å². The van der Waals surface area contributed by atoms with Crippen molar-refractivity contribution < 1.29 is 9.47 Å². The van der Waals surface area contributed by atoms with Gasteiger partial charge in [-0.1, -0.05) is 0 Å². The molecule has 0 unspecified atom stereocenters. The van der Waals surface area contributed by atoms with Crippen molar-refractivity contribution in [2.24, 2.45) is 0 Å². The number of anilines is 1. The highest BCUT2D eigenvalue weighted by molar-refractivity contribution is 5.95. The van der Waals surface area contributed by atoms with Gasteiger partial charge in [0.05, 0.1) is 13.2 Å². The van der Waals surface area contributed by atoms with Crippen LogP contribution in [0.15, 0.2) is 61.2 Å². The molecule has 0 aliphatic carbocycles. The maximum atomic E-state index is 6.18. The highest BCUT2D eigenvalue weighted by Crippen LogP contribution is 2.32. The van der Waals surface area contributed by atoms with Crippen LogP contribution in [0, 0.1) is 0 Å². The van der Waals surface area contributed by atoms with E-state index in [2.05, 4.69) is 25.9 Å². The van der Waals surface area contributed by atoms with Gasteiger partial charge in [-0.2, -0.15) is 0 Å². The number of nitrogens with one attached hydrogen (secondary N) is 1. The van der Waals surface area contributed by atoms with Crippen LogP contribution in [0.5, 0.6) is 5.75 Å². The molecule has 158 valence electrons. The number of hydrogen-bond acceptors (Lipinski definition) is 6. The lowest BCUT2D eigenvalue weighted by molar-refractivity contribution is 0.0322. The molecule has 1 aromatic carbocycles. The van der Waals surface area contributed by atoms with Crippen LogP contribution in [0.4, 0.5) is 5.69 Å². The topological polar surface area (TPSA) is 89.3 Å². The summed E-state index contributed by atoms with van der Waals surface area (Å²) in [6, 6.07) is 12.0. The molecule has 1 fully saturated rings. The van der Waals surface area contributed by atoms with E-state index >= 15 is 0 Å². The van der Waals surface area contributed by atoms with Crippen LogP contribution >= 0.6 is 0 Å². The molecule has 4 aromatic rings. The summed E-state index contributed by atoms with van der Waals surface area (Å²) in [5, 5.41) is 1.06. The summed E-state index contributed by atoms with van der Waals surface area (Å²) in [7, 11) is 0. The molecule has 0 atom stereocenters. The Balaban J connectivity index is 1.39. The number of aromatic amines is 1. The lowest BCUT2D eigenvalue weighted by Gasteiger charge is -2.26. The van der Waals surface area contributed by atoms with E-state index in [-0.39, 0.29) is 0 Å². The average molecular weight is 415 g/mol. The number of H-pyrrole nitrogens is 1. The van der Waals surface area contributed by atoms with E-state index in [0.29, 0.717) is 12.3 Å². The van der Waals surface area contributed by atoms with Gasteiger partial charge in [-0.25, -0.2) is 4.98 Å². The van der Waals surface area contributed by atoms with Gasteiger partial charge in [0.15, 0.2) is 0 Å². The summed E-state index contributed by atoms with van der Waals surface area (Å²) in [6.45, 7) is 4.97. The summed E-state index contributed by atoms with van der Waals surface area (Å²) in [5.74, 6) is 0.770. The first kappa shape index (κ1) is 19.5. The quantitative estimate of drug-likeness (QED) is 0.468. The van der Waals surface area contributed by atoms with Crippen molar-refractivity contribution in [2.75, 3.05) is 45.2 Å². The third-order valence-corrected chi connectivity index (χ3v) is 5.56. The van der Waals surface area contributed by atoms with Gasteiger partial charge in [-0.3, -0.25) is 9.88 Å². The van der Waals surface area contributed by atoms with Gasteiger partial charge in [-0.15, -0.1) is 0 Å². The smallest absolute Gasteiger partial charge is 0.137 e. The lowest BCUT2D eigenvalue weighted by atomic mass is 10.0. The zero-order valence-electron chi connectivity index (χ0n) is 17.3. The fourth-order valence-electron chi connectivity index (χ4n) is 3.92. The minimum atomic E-state index is 0.615. The Morgan fingerprint density at radius 2 is 1.87 bits per heavy atom. The number of benzene rings is 1. The fourth-order valence-corrected chi connectivity index (χ4v) is 3.92. The molecule has 1 aliphatic rings. The Morgan fingerprint density at radius 3 is 2.71 bits per heavy atom. The first-order valence-corrected chi connectivity index (χ1v) is 10.5. The number of aromatic nitrogens is 3. The number of nitrogens with zero attached hydrogens (tertiary/aromatic N) is 3. The van der Waals surface area contributed by atoms with Crippen molar-refractivity contribution in [3.8, 4) is 28.0 Å². The van der Waals surface area contributed by atoms with Gasteiger partial charge in [0, 0.05) is 72.7 Å². The van der Waals surface area contributed by atoms with Gasteiger partial charge in [0.1, 0.15) is 18.0 Å². The molecule has 0 spiro atoms. The van der Waals surface area contributed by atoms with E-state index in [1.165, 1.54) is 0 Å². The van der Waals surface area contributed by atoms with Crippen molar-refractivity contribution >= 4 is 16.7 Å². The molecule has 1 aliphatic heterocycles. The standard InChI is InChI=1S/C24H25N5O2/c25-20-11-18(12-21(14-20)31-10-7-29-5-8-30-9-6-29)19-13-22-23(16-28-24(22)27-15-19)17-1-3-26-4-2-17/h1-4,11-16H,5-10,25H2,(H,27,28). The zero-order valence-corrected chi connectivity index (χ0v) is 17.3. The lowest BCUT2D eigenvalue weighted by Crippen LogP contribution is -2.38. The Labute approximate surface area is 180 Å². The minimum absolute atomic E-state index is 0.615. The number of rotatable bonds is 6. The molecule has 5 rings (SSSR count). The summed E-state index contributed by atoms with van der Waals surface area (Å²) >= 11 is 0. The summed E-state index contributed by atoms with van der Waals surface area (Å²) in [5.41, 5.74) is 11.9. The number of morpholine rings is 1. The highest BCUT2D eigenvalue weighted by atomic mass is 16.5. The summed E-state index contributed by atoms with van der Waals surface area (Å²) in [4.78, 5) is 14.3. The molecule has 7 heteroatoms. The molecular weight excluding hydrogens is 390 g/mol. The van der Waals surface area contributed by atoms with Gasteiger partial charge >= 0.3 is 0 Å². The second-order valence-electron chi connectivity index (χ2n) is 7.65. The minimum Gasteiger partial charge on any atom is -0.492 e. The SMILES string of the molecule is Nc1cc(OCCN2CCOCC2)cc(-c2cnc3[nH]cc(-c4ccncc4)c3c2)c1. The van der Waals surface area contributed by atoms with E-state index in [1.807, 2.05) is 42.7 Å². The van der Waals surface area contributed by atoms with Crippen molar-refractivity contribution in [3.05, 3.63) is 61.2 Å². The molecule has 31 heavy (non-hydrogen) atoms. The average Bonchev–Trinajstić information content (AvgIpc) is 3.23. The molecule has 3 N–H and O–H groups in total. The number of fused-ring (bicyclic) bond motifs is 1. The maximum absolute atomic E-state index is 6.18. The molecule has 0 amide bonds. The van der Waals surface area contributed by atoms with E-state index in [1.54, 1.807) is 12.4 Å². The predicted octanol–water partition coefficient (Wildman–Crippen LogP) is 3.59. The van der Waals surface area contributed by atoms with Gasteiger partial charge < -0.3 is 20.2 Å². The fraction of sp³-hybridized carbons (Fsp3) is 0.250. The predicted molar refractivity (Wildman–Crippen MR) is 122 cm³/mol. The normalized spacial score (nSPS) is 14.7. The molecule has 4 heterocycles. The molecule has 7 nitrogen and oxygen atoms in total. The summed E-state index contributed by atoms with van der Waals surface area (Å²) in [6.07, 6.45) is 7.44.